The molecule has 1 atom stereocenters. The number of nitro groups is 1. The fourth-order valence-electron chi connectivity index (χ4n) is 2.14. The fourth-order valence-corrected chi connectivity index (χ4v) is 2.33. The molecule has 1 heterocycles. The Morgan fingerprint density at radius 1 is 1.56 bits per heavy atom. The quantitative estimate of drug-likeness (QED) is 0.625. The Hall–Kier alpha value is -1.62. The Kier molecular flexibility index (Phi) is 3.52. The number of nitrogens with zero attached hydrogens (tertiary/aromatic N) is 2. The first-order valence-electron chi connectivity index (χ1n) is 5.68. The van der Waals surface area contributed by atoms with Crippen LogP contribution in [0.25, 0.3) is 0 Å². The molecule has 0 saturated carbocycles. The van der Waals surface area contributed by atoms with Crippen molar-refractivity contribution in [1.29, 1.82) is 0 Å². The summed E-state index contributed by atoms with van der Waals surface area (Å²) in [5.74, 6) is 0.444. The SMILES string of the molecule is CC1CC(=O)N(Cc2ccc(Cl)c([N+](=O)[O-])c2)C1. The van der Waals surface area contributed by atoms with Crippen molar-refractivity contribution < 1.29 is 9.72 Å². The molecule has 1 aromatic rings. The number of hydrogen-bond donors (Lipinski definition) is 0. The molecule has 1 saturated heterocycles. The molecule has 1 amide bonds. The average molecular weight is 269 g/mol. The van der Waals surface area contributed by atoms with E-state index >= 15 is 0 Å². The standard InChI is InChI=1S/C12H13ClN2O3/c1-8-4-12(16)14(6-8)7-9-2-3-10(13)11(5-9)15(17)18/h2-3,5,8H,4,6-7H2,1H3. The van der Waals surface area contributed by atoms with Crippen molar-refractivity contribution in [2.75, 3.05) is 6.54 Å². The zero-order chi connectivity index (χ0) is 13.3. The van der Waals surface area contributed by atoms with Gasteiger partial charge in [-0.05, 0) is 17.5 Å². The highest BCUT2D eigenvalue weighted by Gasteiger charge is 2.26. The van der Waals surface area contributed by atoms with E-state index in [2.05, 4.69) is 0 Å². The minimum absolute atomic E-state index is 0.0973. The Labute approximate surface area is 109 Å². The third-order valence-corrected chi connectivity index (χ3v) is 3.31. The second-order valence-electron chi connectivity index (χ2n) is 4.63. The van der Waals surface area contributed by atoms with E-state index in [-0.39, 0.29) is 16.6 Å². The molecule has 1 fully saturated rings. The molecule has 0 aromatic heterocycles. The minimum Gasteiger partial charge on any atom is -0.338 e. The highest BCUT2D eigenvalue weighted by atomic mass is 35.5. The lowest BCUT2D eigenvalue weighted by Gasteiger charge is -2.16. The summed E-state index contributed by atoms with van der Waals surface area (Å²) in [6.45, 7) is 3.12. The first-order valence-corrected chi connectivity index (χ1v) is 6.05. The molecule has 0 spiro atoms. The normalized spacial score (nSPS) is 19.3. The molecule has 0 N–H and O–H groups in total. The summed E-state index contributed by atoms with van der Waals surface area (Å²) in [4.78, 5) is 23.6. The largest absolute Gasteiger partial charge is 0.338 e. The number of amides is 1. The van der Waals surface area contributed by atoms with Crippen LogP contribution in [0.4, 0.5) is 5.69 Å². The van der Waals surface area contributed by atoms with Gasteiger partial charge in [0.05, 0.1) is 4.92 Å². The van der Waals surface area contributed by atoms with E-state index in [1.807, 2.05) is 6.92 Å². The first-order chi connectivity index (χ1) is 8.47. The number of benzene rings is 1. The van der Waals surface area contributed by atoms with E-state index in [4.69, 9.17) is 11.6 Å². The smallest absolute Gasteiger partial charge is 0.288 e. The zero-order valence-corrected chi connectivity index (χ0v) is 10.7. The van der Waals surface area contributed by atoms with Gasteiger partial charge in [-0.2, -0.15) is 0 Å². The molecule has 0 bridgehead atoms. The number of carbonyl (C=O) groups excluding carboxylic acids is 1. The molecular formula is C12H13ClN2O3. The molecule has 5 nitrogen and oxygen atoms in total. The highest BCUT2D eigenvalue weighted by Crippen LogP contribution is 2.27. The maximum Gasteiger partial charge on any atom is 0.288 e. The minimum atomic E-state index is -0.514. The van der Waals surface area contributed by atoms with E-state index in [1.165, 1.54) is 12.1 Å². The third kappa shape index (κ3) is 2.61. The van der Waals surface area contributed by atoms with Crippen molar-refractivity contribution in [1.82, 2.24) is 4.90 Å². The number of rotatable bonds is 3. The summed E-state index contributed by atoms with van der Waals surface area (Å²) in [7, 11) is 0. The van der Waals surface area contributed by atoms with Crippen LogP contribution in [0.1, 0.15) is 18.9 Å². The molecule has 1 aliphatic rings. The molecule has 2 rings (SSSR count). The summed E-state index contributed by atoms with van der Waals surface area (Å²) in [6, 6.07) is 4.64. The van der Waals surface area contributed by atoms with Gasteiger partial charge in [-0.3, -0.25) is 14.9 Å². The molecule has 1 aliphatic heterocycles. The maximum absolute atomic E-state index is 11.6. The molecule has 18 heavy (non-hydrogen) atoms. The summed E-state index contributed by atoms with van der Waals surface area (Å²) in [5, 5.41) is 10.9. The van der Waals surface area contributed by atoms with Crippen LogP contribution in [0, 0.1) is 16.0 Å². The van der Waals surface area contributed by atoms with E-state index in [9.17, 15) is 14.9 Å². The second-order valence-corrected chi connectivity index (χ2v) is 5.03. The van der Waals surface area contributed by atoms with Crippen LogP contribution < -0.4 is 0 Å². The van der Waals surface area contributed by atoms with Gasteiger partial charge in [-0.15, -0.1) is 0 Å². The van der Waals surface area contributed by atoms with Crippen molar-refractivity contribution >= 4 is 23.2 Å². The second kappa shape index (κ2) is 4.94. The Morgan fingerprint density at radius 2 is 2.28 bits per heavy atom. The van der Waals surface area contributed by atoms with Crippen LogP contribution in [-0.2, 0) is 11.3 Å². The van der Waals surface area contributed by atoms with Gasteiger partial charge >= 0.3 is 0 Å². The zero-order valence-electron chi connectivity index (χ0n) is 9.93. The Bertz CT molecular complexity index is 504. The molecule has 96 valence electrons. The summed E-state index contributed by atoms with van der Waals surface area (Å²) in [5.41, 5.74) is 0.613. The van der Waals surface area contributed by atoms with E-state index in [1.54, 1.807) is 11.0 Å². The van der Waals surface area contributed by atoms with Gasteiger partial charge in [0.15, 0.2) is 0 Å². The number of nitro benzene ring substituents is 1. The summed E-state index contributed by atoms with van der Waals surface area (Å²) in [6.07, 6.45) is 0.551. The van der Waals surface area contributed by atoms with Crippen molar-refractivity contribution in [3.63, 3.8) is 0 Å². The number of likely N-dealkylation sites (tertiary alicyclic amines) is 1. The molecule has 1 unspecified atom stereocenters. The van der Waals surface area contributed by atoms with Gasteiger partial charge in [0.25, 0.3) is 5.69 Å². The third-order valence-electron chi connectivity index (χ3n) is 2.99. The van der Waals surface area contributed by atoms with Crippen LogP contribution in [0.2, 0.25) is 5.02 Å². The molecule has 0 aliphatic carbocycles. The van der Waals surface area contributed by atoms with Gasteiger partial charge in [-0.1, -0.05) is 24.6 Å². The van der Waals surface area contributed by atoms with Gasteiger partial charge in [-0.25, -0.2) is 0 Å². The van der Waals surface area contributed by atoms with Gasteiger partial charge in [0.2, 0.25) is 5.91 Å². The van der Waals surface area contributed by atoms with Crippen LogP contribution in [0.15, 0.2) is 18.2 Å². The topological polar surface area (TPSA) is 63.5 Å². The lowest BCUT2D eigenvalue weighted by molar-refractivity contribution is -0.384. The first kappa shape index (κ1) is 12.8. The molecule has 0 radical (unpaired) electrons. The van der Waals surface area contributed by atoms with Crippen molar-refractivity contribution in [3.8, 4) is 0 Å². The van der Waals surface area contributed by atoms with E-state index in [0.29, 0.717) is 25.4 Å². The monoisotopic (exact) mass is 268 g/mol. The molecular weight excluding hydrogens is 256 g/mol. The van der Waals surface area contributed by atoms with Crippen molar-refractivity contribution in [2.24, 2.45) is 5.92 Å². The predicted molar refractivity (Wildman–Crippen MR) is 67.3 cm³/mol. The van der Waals surface area contributed by atoms with E-state index in [0.717, 1.165) is 5.56 Å². The van der Waals surface area contributed by atoms with Crippen LogP contribution in [0.5, 0.6) is 0 Å². The summed E-state index contributed by atoms with van der Waals surface area (Å²) >= 11 is 5.74. The Balaban J connectivity index is 2.17. The molecule has 1 aromatic carbocycles. The van der Waals surface area contributed by atoms with E-state index < -0.39 is 4.92 Å². The number of carbonyl (C=O) groups is 1. The maximum atomic E-state index is 11.6. The molecule has 6 heteroatoms. The number of halogens is 1. The fraction of sp³-hybridized carbons (Fsp3) is 0.417. The number of hydrogen-bond acceptors (Lipinski definition) is 3. The highest BCUT2D eigenvalue weighted by molar-refractivity contribution is 6.32. The van der Waals surface area contributed by atoms with Crippen LogP contribution in [0.3, 0.4) is 0 Å². The summed E-state index contributed by atoms with van der Waals surface area (Å²) < 4.78 is 0. The lowest BCUT2D eigenvalue weighted by atomic mass is 10.1. The lowest BCUT2D eigenvalue weighted by Crippen LogP contribution is -2.24. The van der Waals surface area contributed by atoms with Gasteiger partial charge in [0, 0.05) is 25.6 Å². The van der Waals surface area contributed by atoms with Crippen molar-refractivity contribution in [2.45, 2.75) is 19.9 Å². The predicted octanol–water partition coefficient (Wildman–Crippen LogP) is 2.62. The van der Waals surface area contributed by atoms with Crippen LogP contribution in [-0.4, -0.2) is 22.3 Å². The van der Waals surface area contributed by atoms with Crippen LogP contribution >= 0.6 is 11.6 Å². The van der Waals surface area contributed by atoms with Gasteiger partial charge < -0.3 is 4.90 Å². The van der Waals surface area contributed by atoms with Crippen molar-refractivity contribution in [3.05, 3.63) is 38.9 Å². The van der Waals surface area contributed by atoms with Gasteiger partial charge in [0.1, 0.15) is 5.02 Å². The average Bonchev–Trinajstić information content (AvgIpc) is 2.60. The Morgan fingerprint density at radius 3 is 2.83 bits per heavy atom.